The topological polar surface area (TPSA) is 232 Å². The van der Waals surface area contributed by atoms with Crippen LogP contribution < -0.4 is 21.3 Å². The molecule has 0 heterocycles. The minimum atomic E-state index is -1.18. The molecule has 3 aromatic rings. The number of hydrogen-bond donors (Lipinski definition) is 6. The van der Waals surface area contributed by atoms with Gasteiger partial charge in [-0.05, 0) is 81.0 Å². The van der Waals surface area contributed by atoms with E-state index in [0.717, 1.165) is 0 Å². The first kappa shape index (κ1) is 41.8. The third-order valence-electron chi connectivity index (χ3n) is 8.23. The molecule has 0 aliphatic carbocycles. The Morgan fingerprint density at radius 1 is 0.519 bits per heavy atom. The third kappa shape index (κ3) is 14.2. The van der Waals surface area contributed by atoms with Crippen LogP contribution in [0.4, 0.5) is 0 Å². The van der Waals surface area contributed by atoms with Crippen molar-refractivity contribution in [2.45, 2.75) is 50.6 Å². The Kier molecular flexibility index (Phi) is 17.3. The molecule has 0 radical (unpaired) electrons. The van der Waals surface area contributed by atoms with E-state index in [0.29, 0.717) is 49.6 Å². The van der Waals surface area contributed by atoms with Crippen molar-refractivity contribution in [1.29, 1.82) is 0 Å². The molecule has 16 heteroatoms. The molecule has 6 N–H and O–H groups in total. The van der Waals surface area contributed by atoms with E-state index in [4.69, 9.17) is 0 Å². The van der Waals surface area contributed by atoms with Crippen molar-refractivity contribution in [2.75, 3.05) is 26.4 Å². The van der Waals surface area contributed by atoms with Crippen molar-refractivity contribution in [3.8, 4) is 0 Å². The maximum Gasteiger partial charge on any atom is 0.326 e. The van der Waals surface area contributed by atoms with Crippen LogP contribution in [-0.2, 0) is 19.2 Å². The lowest BCUT2D eigenvalue weighted by Gasteiger charge is -2.19. The summed E-state index contributed by atoms with van der Waals surface area (Å²) in [6.45, 7) is 0.131. The predicted molar refractivity (Wildman–Crippen MR) is 195 cm³/mol. The quantitative estimate of drug-likeness (QED) is 0.0444. The molecular formula is C38H44N6O10. The van der Waals surface area contributed by atoms with Crippen molar-refractivity contribution in [1.82, 2.24) is 31.1 Å². The van der Waals surface area contributed by atoms with Crippen LogP contribution in [0, 0.1) is 0 Å². The molecule has 3 rings (SSSR count). The lowest BCUT2D eigenvalue weighted by molar-refractivity contribution is -0.140. The number of nitrogens with one attached hydrogen (secondary N) is 4. The Labute approximate surface area is 311 Å². The van der Waals surface area contributed by atoms with Gasteiger partial charge < -0.3 is 41.3 Å². The second-order valence-corrected chi connectivity index (χ2v) is 12.2. The Morgan fingerprint density at radius 2 is 0.889 bits per heavy atom. The summed E-state index contributed by atoms with van der Waals surface area (Å²) in [4.78, 5) is 99.5. The predicted octanol–water partition coefficient (Wildman–Crippen LogP) is 2.09. The number of carboxylic acids is 2. The van der Waals surface area contributed by atoms with Gasteiger partial charge in [0.1, 0.15) is 12.1 Å². The van der Waals surface area contributed by atoms with Gasteiger partial charge in [0, 0.05) is 35.3 Å². The number of benzene rings is 3. The Bertz CT molecular complexity index is 1620. The normalized spacial score (nSPS) is 11.6. The van der Waals surface area contributed by atoms with Crippen LogP contribution in [-0.4, -0.2) is 107 Å². The zero-order valence-corrected chi connectivity index (χ0v) is 29.5. The van der Waals surface area contributed by atoms with Crippen molar-refractivity contribution >= 4 is 48.4 Å². The molecule has 0 aliphatic rings. The zero-order valence-electron chi connectivity index (χ0n) is 29.5. The molecular weight excluding hydrogens is 700 g/mol. The first-order chi connectivity index (χ1) is 26.0. The van der Waals surface area contributed by atoms with Gasteiger partial charge in [-0.2, -0.15) is 0 Å². The van der Waals surface area contributed by atoms with E-state index in [1.54, 1.807) is 60.7 Å². The van der Waals surface area contributed by atoms with Crippen LogP contribution in [0.2, 0.25) is 0 Å². The molecule has 0 aromatic heterocycles. The molecule has 0 saturated carbocycles. The van der Waals surface area contributed by atoms with E-state index in [1.165, 1.54) is 34.1 Å². The number of carboxylic acid groups (broad SMARTS) is 2. The maximum absolute atomic E-state index is 12.8. The summed E-state index contributed by atoms with van der Waals surface area (Å²) in [6.07, 6.45) is 2.93. The number of carbonyl (C=O) groups is 8. The van der Waals surface area contributed by atoms with Crippen LogP contribution in [0.3, 0.4) is 0 Å². The third-order valence-corrected chi connectivity index (χ3v) is 8.23. The van der Waals surface area contributed by atoms with Gasteiger partial charge in [-0.1, -0.05) is 42.5 Å². The van der Waals surface area contributed by atoms with Crippen LogP contribution in [0.15, 0.2) is 84.9 Å². The summed E-state index contributed by atoms with van der Waals surface area (Å²) < 4.78 is 0. The van der Waals surface area contributed by atoms with Gasteiger partial charge in [0.25, 0.3) is 23.6 Å². The number of amides is 6. The number of nitrogens with zero attached hydrogens (tertiary/aromatic N) is 2. The lowest BCUT2D eigenvalue weighted by Crippen LogP contribution is -2.41. The van der Waals surface area contributed by atoms with Gasteiger partial charge in [0.15, 0.2) is 0 Å². The molecule has 0 aliphatic heterocycles. The molecule has 2 atom stereocenters. The van der Waals surface area contributed by atoms with E-state index in [-0.39, 0.29) is 50.4 Å². The number of unbranched alkanes of at least 4 members (excludes halogenated alkanes) is 2. The fourth-order valence-electron chi connectivity index (χ4n) is 5.19. The van der Waals surface area contributed by atoms with Crippen LogP contribution in [0.1, 0.15) is 80.0 Å². The van der Waals surface area contributed by atoms with E-state index in [1.807, 2.05) is 0 Å². The first-order valence-corrected chi connectivity index (χ1v) is 17.2. The zero-order chi connectivity index (χ0) is 39.3. The minimum Gasteiger partial charge on any atom is -0.480 e. The summed E-state index contributed by atoms with van der Waals surface area (Å²) in [5.74, 6) is -4.48. The monoisotopic (exact) mass is 744 g/mol. The fourth-order valence-corrected chi connectivity index (χ4v) is 5.19. The highest BCUT2D eigenvalue weighted by atomic mass is 16.4. The molecule has 0 fully saturated rings. The van der Waals surface area contributed by atoms with Crippen molar-refractivity contribution < 1.29 is 48.6 Å². The number of hydrogen-bond acceptors (Lipinski definition) is 8. The van der Waals surface area contributed by atoms with Crippen LogP contribution in [0.5, 0.6) is 0 Å². The highest BCUT2D eigenvalue weighted by Crippen LogP contribution is 2.09. The fraction of sp³-hybridized carbons (Fsp3) is 0.316. The molecule has 0 saturated heterocycles. The van der Waals surface area contributed by atoms with Crippen LogP contribution >= 0.6 is 0 Å². The van der Waals surface area contributed by atoms with E-state index >= 15 is 0 Å². The van der Waals surface area contributed by atoms with Gasteiger partial charge in [-0.3, -0.25) is 28.8 Å². The summed E-state index contributed by atoms with van der Waals surface area (Å²) in [6, 6.07) is 20.1. The molecule has 0 spiro atoms. The van der Waals surface area contributed by atoms with Crippen LogP contribution in [0.25, 0.3) is 0 Å². The molecule has 3 aromatic carbocycles. The summed E-state index contributed by atoms with van der Waals surface area (Å²) in [7, 11) is 0. The maximum atomic E-state index is 12.8. The van der Waals surface area contributed by atoms with Gasteiger partial charge in [-0.15, -0.1) is 0 Å². The van der Waals surface area contributed by atoms with Gasteiger partial charge >= 0.3 is 11.9 Å². The van der Waals surface area contributed by atoms with E-state index in [9.17, 15) is 48.6 Å². The highest BCUT2D eigenvalue weighted by molar-refractivity contribution is 6.00. The minimum absolute atomic E-state index is 0.135. The number of aliphatic carboxylic acids is 2. The van der Waals surface area contributed by atoms with Crippen molar-refractivity contribution in [3.63, 3.8) is 0 Å². The number of rotatable bonds is 24. The Morgan fingerprint density at radius 3 is 1.24 bits per heavy atom. The molecule has 16 nitrogen and oxygen atoms in total. The summed E-state index contributed by atoms with van der Waals surface area (Å²) in [5.41, 5.74) is 0.965. The van der Waals surface area contributed by atoms with Gasteiger partial charge in [0.05, 0.1) is 13.3 Å². The number of carbonyl (C=O) groups excluding carboxylic acids is 6. The molecule has 0 bridgehead atoms. The van der Waals surface area contributed by atoms with Gasteiger partial charge in [0.2, 0.25) is 12.8 Å². The second kappa shape index (κ2) is 22.4. The van der Waals surface area contributed by atoms with Crippen molar-refractivity contribution in [2.24, 2.45) is 0 Å². The Hall–Kier alpha value is -6.58. The average molecular weight is 745 g/mol. The van der Waals surface area contributed by atoms with E-state index in [2.05, 4.69) is 21.3 Å². The standard InChI is InChI=1S/C38H44N6O10/c45-25-43(20-9-7-18-31(37(51)52)41-35(49)27-12-3-1-4-13-27)23-39-33(47)29-16-11-17-30(22-29)34(48)40-24-44(26-46)21-10-8-19-32(38(53)54)42-36(50)28-14-5-2-6-15-28/h1-6,11-17,22,25-26,31-32H,7-10,18-21,23-24H2,(H,39,47)(H,40,48)(H,41,49)(H,42,50)(H,51,52)(H,53,54). The molecule has 54 heavy (non-hydrogen) atoms. The largest absolute Gasteiger partial charge is 0.480 e. The molecule has 6 amide bonds. The van der Waals surface area contributed by atoms with E-state index < -0.39 is 47.7 Å². The lowest BCUT2D eigenvalue weighted by atomic mass is 10.1. The van der Waals surface area contributed by atoms with Gasteiger partial charge in [-0.25, -0.2) is 9.59 Å². The summed E-state index contributed by atoms with van der Waals surface area (Å²) in [5, 5.41) is 29.2. The molecule has 286 valence electrons. The average Bonchev–Trinajstić information content (AvgIpc) is 3.19. The SMILES string of the molecule is O=CN(CCCCC(NC(=O)c1ccccc1)C(=O)O)CNC(=O)c1cccc(C(=O)NCN(C=O)CCCCC(NC(=O)c2ccccc2)C(=O)O)c1. The first-order valence-electron chi connectivity index (χ1n) is 17.2. The summed E-state index contributed by atoms with van der Waals surface area (Å²) >= 11 is 0. The highest BCUT2D eigenvalue weighted by Gasteiger charge is 2.22. The Balaban J connectivity index is 1.39. The second-order valence-electron chi connectivity index (χ2n) is 12.2. The molecule has 2 unspecified atom stereocenters. The smallest absolute Gasteiger partial charge is 0.326 e. The van der Waals surface area contributed by atoms with Crippen molar-refractivity contribution in [3.05, 3.63) is 107 Å².